The second kappa shape index (κ2) is 15.4. The molecule has 0 radical (unpaired) electrons. The van der Waals surface area contributed by atoms with Gasteiger partial charge in [-0.05, 0) is 61.7 Å². The first-order valence-corrected chi connectivity index (χ1v) is 13.9. The van der Waals surface area contributed by atoms with Gasteiger partial charge in [0.05, 0.1) is 13.7 Å². The Morgan fingerprint density at radius 2 is 1.56 bits per heavy atom. The zero-order chi connectivity index (χ0) is 28.2. The van der Waals surface area contributed by atoms with Gasteiger partial charge >= 0.3 is 0 Å². The molecule has 0 saturated heterocycles. The fourth-order valence-electron chi connectivity index (χ4n) is 4.08. The zero-order valence-electron chi connectivity index (χ0n) is 22.7. The summed E-state index contributed by atoms with van der Waals surface area (Å²) in [5.74, 6) is 1.05. The quantitative estimate of drug-likeness (QED) is 0.218. The van der Waals surface area contributed by atoms with Crippen molar-refractivity contribution in [2.45, 2.75) is 58.2 Å². The van der Waals surface area contributed by atoms with Crippen LogP contribution in [0.1, 0.15) is 44.2 Å². The summed E-state index contributed by atoms with van der Waals surface area (Å²) in [6, 6.07) is 21.4. The summed E-state index contributed by atoms with van der Waals surface area (Å²) in [6.45, 7) is 4.42. The predicted molar refractivity (Wildman–Crippen MR) is 157 cm³/mol. The molecule has 2 amide bonds. The van der Waals surface area contributed by atoms with Crippen LogP contribution in [0.25, 0.3) is 0 Å². The molecule has 2 atom stereocenters. The molecule has 0 aliphatic rings. The van der Waals surface area contributed by atoms with Gasteiger partial charge in [-0.1, -0.05) is 66.5 Å². The summed E-state index contributed by atoms with van der Waals surface area (Å²) in [6.07, 6.45) is 1.80. The Morgan fingerprint density at radius 1 is 0.923 bits per heavy atom. The average molecular weight is 572 g/mol. The molecular weight excluding hydrogens is 535 g/mol. The summed E-state index contributed by atoms with van der Waals surface area (Å²) < 4.78 is 11.0. The Kier molecular flexibility index (Phi) is 12.0. The van der Waals surface area contributed by atoms with Gasteiger partial charge in [-0.2, -0.15) is 0 Å². The molecule has 3 rings (SSSR count). The molecule has 2 unspecified atom stereocenters. The lowest BCUT2D eigenvalue weighted by Crippen LogP contribution is -2.52. The van der Waals surface area contributed by atoms with E-state index in [-0.39, 0.29) is 30.8 Å². The number of carbonyl (C=O) groups is 2. The van der Waals surface area contributed by atoms with Crippen molar-refractivity contribution >= 4 is 35.0 Å². The number of hydrogen-bond acceptors (Lipinski definition) is 4. The van der Waals surface area contributed by atoms with E-state index in [0.29, 0.717) is 40.8 Å². The molecule has 6 nitrogen and oxygen atoms in total. The molecule has 39 heavy (non-hydrogen) atoms. The van der Waals surface area contributed by atoms with E-state index >= 15 is 0 Å². The van der Waals surface area contributed by atoms with Gasteiger partial charge in [-0.25, -0.2) is 0 Å². The molecule has 0 aliphatic heterocycles. The second-order valence-corrected chi connectivity index (χ2v) is 10.2. The number of nitrogens with one attached hydrogen (secondary N) is 1. The minimum absolute atomic E-state index is 0.0328. The number of rotatable bonds is 14. The lowest BCUT2D eigenvalue weighted by molar-refractivity contribution is -0.141. The fraction of sp³-hybridized carbons (Fsp3) is 0.355. The predicted octanol–water partition coefficient (Wildman–Crippen LogP) is 6.72. The van der Waals surface area contributed by atoms with Crippen LogP contribution in [-0.4, -0.2) is 42.5 Å². The van der Waals surface area contributed by atoms with Crippen molar-refractivity contribution < 1.29 is 19.1 Å². The van der Waals surface area contributed by atoms with Crippen molar-refractivity contribution in [1.29, 1.82) is 0 Å². The van der Waals surface area contributed by atoms with E-state index < -0.39 is 6.04 Å². The van der Waals surface area contributed by atoms with E-state index in [2.05, 4.69) is 5.32 Å². The number of halogens is 2. The normalized spacial score (nSPS) is 12.3. The number of carbonyl (C=O) groups excluding carboxylic acids is 2. The molecule has 0 saturated carbocycles. The van der Waals surface area contributed by atoms with Crippen LogP contribution >= 0.6 is 23.2 Å². The smallest absolute Gasteiger partial charge is 0.243 e. The highest BCUT2D eigenvalue weighted by Crippen LogP contribution is 2.28. The summed E-state index contributed by atoms with van der Waals surface area (Å²) in [5.41, 5.74) is 1.56. The van der Waals surface area contributed by atoms with Crippen LogP contribution in [0.3, 0.4) is 0 Å². The standard InChI is InChI=1S/C31H36Cl2N2O4/c1-4-22(2)34-31(37)29(20-23-10-6-5-7-11-23)35(21-26-27(32)12-8-13-28(26)33)30(36)14-9-19-39-25-17-15-24(38-3)16-18-25/h5-8,10-13,15-18,22,29H,4,9,14,19-21H2,1-3H3,(H,34,37). The van der Waals surface area contributed by atoms with Crippen LogP contribution in [0.4, 0.5) is 0 Å². The van der Waals surface area contributed by atoms with Gasteiger partial charge in [0.1, 0.15) is 17.5 Å². The molecular formula is C31H36Cl2N2O4. The van der Waals surface area contributed by atoms with Gasteiger partial charge in [0.15, 0.2) is 0 Å². The largest absolute Gasteiger partial charge is 0.497 e. The highest BCUT2D eigenvalue weighted by Gasteiger charge is 2.31. The molecule has 8 heteroatoms. The second-order valence-electron chi connectivity index (χ2n) is 9.37. The molecule has 208 valence electrons. The van der Waals surface area contributed by atoms with E-state index in [0.717, 1.165) is 17.7 Å². The Hall–Kier alpha value is -3.22. The van der Waals surface area contributed by atoms with Crippen molar-refractivity contribution in [3.05, 3.63) is 94.0 Å². The van der Waals surface area contributed by atoms with Crippen molar-refractivity contribution in [2.24, 2.45) is 0 Å². The lowest BCUT2D eigenvalue weighted by atomic mass is 10.0. The van der Waals surface area contributed by atoms with Crippen molar-refractivity contribution in [1.82, 2.24) is 10.2 Å². The first-order chi connectivity index (χ1) is 18.8. The number of nitrogens with zero attached hydrogens (tertiary/aromatic N) is 1. The lowest BCUT2D eigenvalue weighted by Gasteiger charge is -2.33. The Labute approximate surface area is 241 Å². The number of methoxy groups -OCH3 is 1. The fourth-order valence-corrected chi connectivity index (χ4v) is 4.59. The third kappa shape index (κ3) is 9.19. The van der Waals surface area contributed by atoms with E-state index in [4.69, 9.17) is 32.7 Å². The van der Waals surface area contributed by atoms with Crippen LogP contribution < -0.4 is 14.8 Å². The maximum Gasteiger partial charge on any atom is 0.243 e. The van der Waals surface area contributed by atoms with Gasteiger partial charge < -0.3 is 19.7 Å². The van der Waals surface area contributed by atoms with Crippen molar-refractivity contribution in [2.75, 3.05) is 13.7 Å². The summed E-state index contributed by atoms with van der Waals surface area (Å²) in [7, 11) is 1.61. The maximum absolute atomic E-state index is 13.7. The number of hydrogen-bond donors (Lipinski definition) is 1. The van der Waals surface area contributed by atoms with Gasteiger partial charge in [0.2, 0.25) is 11.8 Å². The molecule has 0 aromatic heterocycles. The molecule has 0 aliphatic carbocycles. The number of amides is 2. The summed E-state index contributed by atoms with van der Waals surface area (Å²) in [4.78, 5) is 28.9. The molecule has 1 N–H and O–H groups in total. The van der Waals surface area contributed by atoms with Gasteiger partial charge in [0.25, 0.3) is 0 Å². The molecule has 0 spiro atoms. The minimum atomic E-state index is -0.747. The van der Waals surface area contributed by atoms with Crippen LogP contribution in [0.5, 0.6) is 11.5 Å². The van der Waals surface area contributed by atoms with Crippen LogP contribution in [0.2, 0.25) is 10.0 Å². The average Bonchev–Trinajstić information content (AvgIpc) is 2.95. The van der Waals surface area contributed by atoms with E-state index in [9.17, 15) is 9.59 Å². The maximum atomic E-state index is 13.7. The monoisotopic (exact) mass is 570 g/mol. The van der Waals surface area contributed by atoms with Crippen molar-refractivity contribution in [3.63, 3.8) is 0 Å². The van der Waals surface area contributed by atoms with E-state index in [1.165, 1.54) is 0 Å². The number of ether oxygens (including phenoxy) is 2. The molecule has 0 bridgehead atoms. The number of benzene rings is 3. The minimum Gasteiger partial charge on any atom is -0.497 e. The Balaban J connectivity index is 1.82. The molecule has 3 aromatic rings. The topological polar surface area (TPSA) is 67.9 Å². The third-order valence-corrected chi connectivity index (χ3v) is 7.23. The summed E-state index contributed by atoms with van der Waals surface area (Å²) >= 11 is 13.0. The molecule has 3 aromatic carbocycles. The van der Waals surface area contributed by atoms with Crippen molar-refractivity contribution in [3.8, 4) is 11.5 Å². The van der Waals surface area contributed by atoms with Gasteiger partial charge in [0, 0.05) is 41.0 Å². The van der Waals surface area contributed by atoms with Crippen LogP contribution in [-0.2, 0) is 22.6 Å². The third-order valence-electron chi connectivity index (χ3n) is 6.53. The zero-order valence-corrected chi connectivity index (χ0v) is 24.2. The molecule has 0 fully saturated rings. The highest BCUT2D eigenvalue weighted by atomic mass is 35.5. The van der Waals surface area contributed by atoms with Crippen LogP contribution in [0, 0.1) is 0 Å². The van der Waals surface area contributed by atoms with Crippen LogP contribution in [0.15, 0.2) is 72.8 Å². The Bertz CT molecular complexity index is 1180. The summed E-state index contributed by atoms with van der Waals surface area (Å²) in [5, 5.41) is 3.96. The first kappa shape index (κ1) is 30.3. The van der Waals surface area contributed by atoms with Gasteiger partial charge in [-0.15, -0.1) is 0 Å². The van der Waals surface area contributed by atoms with E-state index in [1.54, 1.807) is 30.2 Å². The van der Waals surface area contributed by atoms with Gasteiger partial charge in [-0.3, -0.25) is 9.59 Å². The molecule has 0 heterocycles. The highest BCUT2D eigenvalue weighted by molar-refractivity contribution is 6.36. The first-order valence-electron chi connectivity index (χ1n) is 13.2. The SMILES string of the molecule is CCC(C)NC(=O)C(Cc1ccccc1)N(Cc1c(Cl)cccc1Cl)C(=O)CCCOc1ccc(OC)cc1. The van der Waals surface area contributed by atoms with E-state index in [1.807, 2.05) is 68.4 Å². The Morgan fingerprint density at radius 3 is 2.18 bits per heavy atom.